The SMILES string of the molecule is COc1ccc(C)cc1N1C(=O)C(Cl)=C(Nc2cccc(C(=O)Nc3ccccc3C(F)(F)F)c2)C1=O. The number of carbonyl (C=O) groups is 3. The van der Waals surface area contributed by atoms with Crippen molar-refractivity contribution in [2.24, 2.45) is 0 Å². The van der Waals surface area contributed by atoms with Gasteiger partial charge >= 0.3 is 6.18 Å². The number of nitrogens with zero attached hydrogens (tertiary/aromatic N) is 1. The summed E-state index contributed by atoms with van der Waals surface area (Å²) in [5.41, 5.74) is -0.407. The lowest BCUT2D eigenvalue weighted by atomic mass is 10.1. The Hall–Kier alpha value is -4.31. The van der Waals surface area contributed by atoms with Gasteiger partial charge in [-0.05, 0) is 55.0 Å². The number of aryl methyl sites for hydroxylation is 1. The number of carbonyl (C=O) groups excluding carboxylic acids is 3. The molecule has 1 aliphatic rings. The Morgan fingerprint density at radius 3 is 2.41 bits per heavy atom. The summed E-state index contributed by atoms with van der Waals surface area (Å²) in [5, 5.41) is 4.64. The maximum Gasteiger partial charge on any atom is 0.418 e. The molecule has 4 rings (SSSR count). The zero-order valence-corrected chi connectivity index (χ0v) is 20.2. The maximum absolute atomic E-state index is 13.3. The third-order valence-corrected chi connectivity index (χ3v) is 5.83. The Bertz CT molecular complexity index is 1450. The third-order valence-electron chi connectivity index (χ3n) is 5.48. The van der Waals surface area contributed by atoms with Gasteiger partial charge in [0.05, 0.1) is 24.0 Å². The molecule has 3 aromatic carbocycles. The average Bonchev–Trinajstić information content (AvgIpc) is 3.06. The van der Waals surface area contributed by atoms with Gasteiger partial charge in [-0.3, -0.25) is 14.4 Å². The number of rotatable bonds is 6. The largest absolute Gasteiger partial charge is 0.495 e. The van der Waals surface area contributed by atoms with Crippen molar-refractivity contribution in [3.63, 3.8) is 0 Å². The molecule has 0 spiro atoms. The lowest BCUT2D eigenvalue weighted by Crippen LogP contribution is -2.32. The Balaban J connectivity index is 1.58. The summed E-state index contributed by atoms with van der Waals surface area (Å²) in [7, 11) is 1.40. The fraction of sp³-hybridized carbons (Fsp3) is 0.115. The van der Waals surface area contributed by atoms with E-state index < -0.39 is 35.1 Å². The molecule has 0 bridgehead atoms. The molecule has 190 valence electrons. The standard InChI is InChI=1S/C26H19ClF3N3O4/c1-14-10-11-20(37-2)19(12-14)33-24(35)21(27)22(25(33)36)31-16-7-5-6-15(13-16)23(34)32-18-9-4-3-8-17(18)26(28,29)30/h3-13,31H,1-2H3,(H,32,34). The number of hydrogen-bond acceptors (Lipinski definition) is 5. The molecule has 0 radical (unpaired) electrons. The minimum atomic E-state index is -4.66. The molecular formula is C26H19ClF3N3O4. The maximum atomic E-state index is 13.3. The first kappa shape index (κ1) is 25.8. The number of para-hydroxylation sites is 1. The van der Waals surface area contributed by atoms with Crippen molar-refractivity contribution in [3.05, 3.63) is 94.1 Å². The smallest absolute Gasteiger partial charge is 0.418 e. The number of ether oxygens (including phenoxy) is 1. The highest BCUT2D eigenvalue weighted by Crippen LogP contribution is 2.37. The molecule has 3 amide bonds. The van der Waals surface area contributed by atoms with Crippen molar-refractivity contribution in [3.8, 4) is 5.75 Å². The molecular weight excluding hydrogens is 511 g/mol. The molecule has 1 heterocycles. The van der Waals surface area contributed by atoms with Crippen LogP contribution in [0.3, 0.4) is 0 Å². The zero-order chi connectivity index (χ0) is 26.9. The Morgan fingerprint density at radius 1 is 0.973 bits per heavy atom. The predicted molar refractivity (Wildman–Crippen MR) is 133 cm³/mol. The van der Waals surface area contributed by atoms with Gasteiger partial charge in [-0.1, -0.05) is 35.9 Å². The molecule has 0 aliphatic carbocycles. The Labute approximate surface area is 214 Å². The van der Waals surface area contributed by atoms with E-state index in [0.29, 0.717) is 0 Å². The van der Waals surface area contributed by atoms with Gasteiger partial charge < -0.3 is 15.4 Å². The monoisotopic (exact) mass is 529 g/mol. The topological polar surface area (TPSA) is 87.7 Å². The zero-order valence-electron chi connectivity index (χ0n) is 19.4. The van der Waals surface area contributed by atoms with Crippen LogP contribution in [0.4, 0.5) is 30.2 Å². The molecule has 0 aromatic heterocycles. The molecule has 7 nitrogen and oxygen atoms in total. The Kier molecular flexibility index (Phi) is 6.95. The lowest BCUT2D eigenvalue weighted by molar-refractivity contribution is -0.137. The number of amides is 3. The number of methoxy groups -OCH3 is 1. The quantitative estimate of drug-likeness (QED) is 0.399. The third kappa shape index (κ3) is 5.14. The molecule has 0 atom stereocenters. The van der Waals surface area contributed by atoms with Crippen molar-refractivity contribution in [1.82, 2.24) is 0 Å². The fourth-order valence-corrected chi connectivity index (χ4v) is 3.93. The van der Waals surface area contributed by atoms with Crippen molar-refractivity contribution in [1.29, 1.82) is 0 Å². The average molecular weight is 530 g/mol. The highest BCUT2D eigenvalue weighted by Gasteiger charge is 2.40. The second-order valence-corrected chi connectivity index (χ2v) is 8.39. The van der Waals surface area contributed by atoms with Crippen LogP contribution in [0.5, 0.6) is 5.75 Å². The second kappa shape index (κ2) is 9.98. The number of benzene rings is 3. The van der Waals surface area contributed by atoms with E-state index in [0.717, 1.165) is 22.6 Å². The summed E-state index contributed by atoms with van der Waals surface area (Å²) in [6, 6.07) is 15.2. The van der Waals surface area contributed by atoms with E-state index in [4.69, 9.17) is 16.3 Å². The van der Waals surface area contributed by atoms with E-state index in [1.165, 1.54) is 43.5 Å². The number of anilines is 3. The van der Waals surface area contributed by atoms with Crippen molar-refractivity contribution in [2.45, 2.75) is 13.1 Å². The fourth-order valence-electron chi connectivity index (χ4n) is 3.72. The van der Waals surface area contributed by atoms with E-state index in [9.17, 15) is 27.6 Å². The van der Waals surface area contributed by atoms with E-state index in [-0.39, 0.29) is 33.4 Å². The first-order valence-corrected chi connectivity index (χ1v) is 11.2. The summed E-state index contributed by atoms with van der Waals surface area (Å²) in [4.78, 5) is 39.6. The minimum absolute atomic E-state index is 0.00711. The summed E-state index contributed by atoms with van der Waals surface area (Å²) in [6.45, 7) is 1.78. The van der Waals surface area contributed by atoms with Crippen molar-refractivity contribution >= 4 is 46.4 Å². The van der Waals surface area contributed by atoms with Crippen LogP contribution in [-0.4, -0.2) is 24.8 Å². The van der Waals surface area contributed by atoms with Gasteiger partial charge in [0.1, 0.15) is 16.5 Å². The number of hydrogen-bond donors (Lipinski definition) is 2. The van der Waals surface area contributed by atoms with Gasteiger partial charge in [-0.2, -0.15) is 13.2 Å². The minimum Gasteiger partial charge on any atom is -0.495 e. The van der Waals surface area contributed by atoms with Gasteiger partial charge in [-0.15, -0.1) is 0 Å². The summed E-state index contributed by atoms with van der Waals surface area (Å²) >= 11 is 6.20. The molecule has 0 unspecified atom stereocenters. The van der Waals surface area contributed by atoms with Gasteiger partial charge in [0.25, 0.3) is 17.7 Å². The Morgan fingerprint density at radius 2 is 1.70 bits per heavy atom. The number of imide groups is 1. The molecule has 1 aliphatic heterocycles. The molecule has 0 fully saturated rings. The molecule has 3 aromatic rings. The molecule has 11 heteroatoms. The molecule has 0 saturated heterocycles. The summed E-state index contributed by atoms with van der Waals surface area (Å²) in [6.07, 6.45) is -4.66. The predicted octanol–water partition coefficient (Wildman–Crippen LogP) is 5.71. The first-order valence-electron chi connectivity index (χ1n) is 10.8. The molecule has 2 N–H and O–H groups in total. The van der Waals surface area contributed by atoms with Crippen LogP contribution >= 0.6 is 11.6 Å². The van der Waals surface area contributed by atoms with E-state index in [2.05, 4.69) is 10.6 Å². The highest BCUT2D eigenvalue weighted by atomic mass is 35.5. The molecule has 0 saturated carbocycles. The van der Waals surface area contributed by atoms with Crippen LogP contribution in [0.2, 0.25) is 0 Å². The van der Waals surface area contributed by atoms with Crippen molar-refractivity contribution < 1.29 is 32.3 Å². The number of halogens is 4. The van der Waals surface area contributed by atoms with E-state index in [1.807, 2.05) is 0 Å². The van der Waals surface area contributed by atoms with Crippen LogP contribution in [0, 0.1) is 6.92 Å². The van der Waals surface area contributed by atoms with E-state index in [1.54, 1.807) is 25.1 Å². The van der Waals surface area contributed by atoms with Gasteiger partial charge in [0.2, 0.25) is 0 Å². The van der Waals surface area contributed by atoms with Crippen LogP contribution in [0.1, 0.15) is 21.5 Å². The normalized spacial score (nSPS) is 13.7. The van der Waals surface area contributed by atoms with Crippen molar-refractivity contribution in [2.75, 3.05) is 22.6 Å². The van der Waals surface area contributed by atoms with Crippen LogP contribution in [0.15, 0.2) is 77.5 Å². The summed E-state index contributed by atoms with van der Waals surface area (Å²) < 4.78 is 45.1. The van der Waals surface area contributed by atoms with Gasteiger partial charge in [-0.25, -0.2) is 4.90 Å². The van der Waals surface area contributed by atoms with Crippen LogP contribution in [-0.2, 0) is 15.8 Å². The van der Waals surface area contributed by atoms with E-state index >= 15 is 0 Å². The number of alkyl halides is 3. The van der Waals surface area contributed by atoms with Crippen LogP contribution < -0.4 is 20.3 Å². The first-order chi connectivity index (χ1) is 17.5. The lowest BCUT2D eigenvalue weighted by Gasteiger charge is -2.18. The second-order valence-electron chi connectivity index (χ2n) is 8.01. The van der Waals surface area contributed by atoms with Crippen LogP contribution in [0.25, 0.3) is 0 Å². The van der Waals surface area contributed by atoms with Gasteiger partial charge in [0, 0.05) is 11.3 Å². The summed E-state index contributed by atoms with van der Waals surface area (Å²) in [5.74, 6) is -2.03. The molecule has 37 heavy (non-hydrogen) atoms. The van der Waals surface area contributed by atoms with Gasteiger partial charge in [0.15, 0.2) is 0 Å². The highest BCUT2D eigenvalue weighted by molar-refractivity contribution is 6.53. The number of nitrogens with one attached hydrogen (secondary N) is 2.